The molecule has 2 heterocycles. The van der Waals surface area contributed by atoms with Crippen LogP contribution in [-0.4, -0.2) is 83.6 Å². The van der Waals surface area contributed by atoms with Crippen LogP contribution in [0.5, 0.6) is 0 Å². The molecule has 2 unspecified atom stereocenters. The van der Waals surface area contributed by atoms with E-state index in [1.54, 1.807) is 0 Å². The lowest BCUT2D eigenvalue weighted by Gasteiger charge is -2.32. The molecular weight excluding hydrogens is 328 g/mol. The average Bonchev–Trinajstić information content (AvgIpc) is 2.59. The molecule has 2 saturated heterocycles. The highest BCUT2D eigenvalue weighted by Crippen LogP contribution is 2.28. The Morgan fingerprint density at radius 1 is 0.720 bits per heavy atom. The van der Waals surface area contributed by atoms with E-state index in [1.165, 1.54) is 38.0 Å². The Labute approximate surface area is 157 Å². The van der Waals surface area contributed by atoms with Gasteiger partial charge >= 0.3 is 0 Å². The summed E-state index contributed by atoms with van der Waals surface area (Å²) in [5, 5.41) is 0. The third kappa shape index (κ3) is 9.00. The van der Waals surface area contributed by atoms with Crippen LogP contribution in [0.25, 0.3) is 0 Å². The summed E-state index contributed by atoms with van der Waals surface area (Å²) in [5.41, 5.74) is 0. The SMILES string of the molecule is CC(CCN1CCOCC1)C[Si](C)(C)CC(C)CCN1CCOCC1. The summed E-state index contributed by atoms with van der Waals surface area (Å²) in [5.74, 6) is 1.74. The van der Waals surface area contributed by atoms with E-state index in [-0.39, 0.29) is 0 Å². The van der Waals surface area contributed by atoms with Gasteiger partial charge in [0.15, 0.2) is 0 Å². The van der Waals surface area contributed by atoms with Crippen molar-refractivity contribution in [3.8, 4) is 0 Å². The molecule has 4 nitrogen and oxygen atoms in total. The second kappa shape index (κ2) is 11.0. The second-order valence-electron chi connectivity index (χ2n) is 9.27. The zero-order valence-electron chi connectivity index (χ0n) is 17.3. The molecule has 2 atom stereocenters. The van der Waals surface area contributed by atoms with Gasteiger partial charge in [-0.25, -0.2) is 0 Å². The fraction of sp³-hybridized carbons (Fsp3) is 1.00. The van der Waals surface area contributed by atoms with Crippen molar-refractivity contribution in [3.63, 3.8) is 0 Å². The number of rotatable bonds is 10. The van der Waals surface area contributed by atoms with Gasteiger partial charge in [-0.2, -0.15) is 0 Å². The van der Waals surface area contributed by atoms with E-state index in [0.29, 0.717) is 0 Å². The number of morpholine rings is 2. The van der Waals surface area contributed by atoms with Crippen LogP contribution in [0.2, 0.25) is 25.2 Å². The molecule has 2 fully saturated rings. The van der Waals surface area contributed by atoms with Crippen LogP contribution in [0.1, 0.15) is 26.7 Å². The van der Waals surface area contributed by atoms with Gasteiger partial charge in [0.05, 0.1) is 26.4 Å². The predicted molar refractivity (Wildman–Crippen MR) is 109 cm³/mol. The molecule has 25 heavy (non-hydrogen) atoms. The molecular formula is C20H42N2O2Si. The van der Waals surface area contributed by atoms with Gasteiger partial charge in [-0.05, 0) is 37.8 Å². The third-order valence-electron chi connectivity index (χ3n) is 5.89. The summed E-state index contributed by atoms with van der Waals surface area (Å²) in [6.45, 7) is 20.9. The van der Waals surface area contributed by atoms with Crippen LogP contribution >= 0.6 is 0 Å². The highest BCUT2D eigenvalue weighted by Gasteiger charge is 2.26. The molecule has 5 heteroatoms. The summed E-state index contributed by atoms with van der Waals surface area (Å²) in [4.78, 5) is 5.17. The van der Waals surface area contributed by atoms with Crippen LogP contribution in [0.4, 0.5) is 0 Å². The van der Waals surface area contributed by atoms with Crippen molar-refractivity contribution in [2.75, 3.05) is 65.7 Å². The fourth-order valence-electron chi connectivity index (χ4n) is 4.63. The third-order valence-corrected chi connectivity index (χ3v) is 9.49. The molecule has 0 aliphatic carbocycles. The Balaban J connectivity index is 1.61. The zero-order valence-corrected chi connectivity index (χ0v) is 18.3. The molecule has 148 valence electrons. The lowest BCUT2D eigenvalue weighted by atomic mass is 10.1. The van der Waals surface area contributed by atoms with Crippen LogP contribution in [0.3, 0.4) is 0 Å². The first-order chi connectivity index (χ1) is 11.9. The van der Waals surface area contributed by atoms with Gasteiger partial charge in [-0.3, -0.25) is 9.80 Å². The first-order valence-electron chi connectivity index (χ1n) is 10.5. The topological polar surface area (TPSA) is 24.9 Å². The Morgan fingerprint density at radius 2 is 1.08 bits per heavy atom. The molecule has 0 spiro atoms. The Hall–Kier alpha value is 0.0569. The minimum Gasteiger partial charge on any atom is -0.379 e. The largest absolute Gasteiger partial charge is 0.379 e. The molecule has 0 radical (unpaired) electrons. The van der Waals surface area contributed by atoms with Gasteiger partial charge in [0.1, 0.15) is 0 Å². The van der Waals surface area contributed by atoms with Crippen molar-refractivity contribution in [1.29, 1.82) is 0 Å². The molecule has 0 amide bonds. The van der Waals surface area contributed by atoms with E-state index >= 15 is 0 Å². The van der Waals surface area contributed by atoms with Crippen molar-refractivity contribution < 1.29 is 9.47 Å². The lowest BCUT2D eigenvalue weighted by molar-refractivity contribution is 0.0358. The quantitative estimate of drug-likeness (QED) is 0.550. The molecule has 0 bridgehead atoms. The smallest absolute Gasteiger partial charge is 0.0594 e. The molecule has 2 aliphatic heterocycles. The molecule has 0 N–H and O–H groups in total. The number of ether oxygens (including phenoxy) is 2. The van der Waals surface area contributed by atoms with E-state index in [4.69, 9.17) is 9.47 Å². The Bertz CT molecular complexity index is 324. The van der Waals surface area contributed by atoms with E-state index in [9.17, 15) is 0 Å². The first kappa shape index (κ1) is 21.4. The highest BCUT2D eigenvalue weighted by molar-refractivity contribution is 6.77. The Kier molecular flexibility index (Phi) is 9.42. The monoisotopic (exact) mass is 370 g/mol. The van der Waals surface area contributed by atoms with E-state index in [1.807, 2.05) is 0 Å². The molecule has 0 aromatic carbocycles. The predicted octanol–water partition coefficient (Wildman–Crippen LogP) is 3.41. The number of nitrogens with zero attached hydrogens (tertiary/aromatic N) is 2. The molecule has 2 aliphatic rings. The summed E-state index contributed by atoms with van der Waals surface area (Å²) in [7, 11) is -1.09. The average molecular weight is 371 g/mol. The first-order valence-corrected chi connectivity index (χ1v) is 14.0. The molecule has 0 aromatic heterocycles. The Morgan fingerprint density at radius 3 is 1.44 bits per heavy atom. The van der Waals surface area contributed by atoms with Crippen LogP contribution in [-0.2, 0) is 9.47 Å². The van der Waals surface area contributed by atoms with E-state index < -0.39 is 8.07 Å². The maximum Gasteiger partial charge on any atom is 0.0594 e. The number of hydrogen-bond donors (Lipinski definition) is 0. The lowest BCUT2D eigenvalue weighted by Crippen LogP contribution is -2.38. The van der Waals surface area contributed by atoms with Crippen molar-refractivity contribution >= 4 is 8.07 Å². The normalized spacial score (nSPS) is 23.5. The summed E-state index contributed by atoms with van der Waals surface area (Å²) >= 11 is 0. The number of hydrogen-bond acceptors (Lipinski definition) is 4. The standard InChI is InChI=1S/C20H42N2O2Si/c1-19(5-7-21-9-13-23-14-10-21)17-25(3,4)18-20(2)6-8-22-11-15-24-16-12-22/h19-20H,5-18H2,1-4H3. The molecule has 2 rings (SSSR count). The van der Waals surface area contributed by atoms with E-state index in [0.717, 1.165) is 64.4 Å². The maximum absolute atomic E-state index is 5.45. The van der Waals surface area contributed by atoms with Crippen LogP contribution < -0.4 is 0 Å². The van der Waals surface area contributed by atoms with Crippen molar-refractivity contribution in [3.05, 3.63) is 0 Å². The highest BCUT2D eigenvalue weighted by atomic mass is 28.3. The minimum absolute atomic E-state index is 0.871. The van der Waals surface area contributed by atoms with E-state index in [2.05, 4.69) is 36.7 Å². The van der Waals surface area contributed by atoms with Crippen LogP contribution in [0.15, 0.2) is 0 Å². The van der Waals surface area contributed by atoms with Gasteiger partial charge in [0, 0.05) is 34.3 Å². The van der Waals surface area contributed by atoms with Crippen molar-refractivity contribution in [2.45, 2.75) is 51.9 Å². The van der Waals surface area contributed by atoms with Gasteiger partial charge in [-0.1, -0.05) is 39.0 Å². The van der Waals surface area contributed by atoms with Crippen molar-refractivity contribution in [1.82, 2.24) is 9.80 Å². The van der Waals surface area contributed by atoms with Gasteiger partial charge < -0.3 is 9.47 Å². The summed E-state index contributed by atoms with van der Waals surface area (Å²) < 4.78 is 10.9. The zero-order chi connectivity index (χ0) is 18.1. The summed E-state index contributed by atoms with van der Waals surface area (Å²) in [6.07, 6.45) is 2.72. The molecule has 0 aromatic rings. The fourth-order valence-corrected chi connectivity index (χ4v) is 8.98. The summed E-state index contributed by atoms with van der Waals surface area (Å²) in [6, 6.07) is 2.97. The maximum atomic E-state index is 5.45. The molecule has 0 saturated carbocycles. The van der Waals surface area contributed by atoms with Gasteiger partial charge in [0.2, 0.25) is 0 Å². The second-order valence-corrected chi connectivity index (χ2v) is 14.4. The van der Waals surface area contributed by atoms with Crippen molar-refractivity contribution in [2.24, 2.45) is 11.8 Å². The minimum atomic E-state index is -1.09. The van der Waals surface area contributed by atoms with Gasteiger partial charge in [0.25, 0.3) is 0 Å². The van der Waals surface area contributed by atoms with Gasteiger partial charge in [-0.15, -0.1) is 0 Å². The van der Waals surface area contributed by atoms with Crippen LogP contribution in [0, 0.1) is 11.8 Å².